The molecule has 0 aliphatic rings. The molecule has 1 rings (SSSR count). The predicted molar refractivity (Wildman–Crippen MR) is 85.1 cm³/mol. The molecular formula is C16H28FN3O. The summed E-state index contributed by atoms with van der Waals surface area (Å²) in [7, 11) is 1.69. The monoisotopic (exact) mass is 297 g/mol. The van der Waals surface area contributed by atoms with Crippen molar-refractivity contribution in [2.24, 2.45) is 5.92 Å². The zero-order valence-corrected chi connectivity index (χ0v) is 13.8. The third-order valence-electron chi connectivity index (χ3n) is 3.33. The average molecular weight is 297 g/mol. The number of nitrogens with one attached hydrogen (secondary N) is 1. The Morgan fingerprint density at radius 3 is 2.67 bits per heavy atom. The van der Waals surface area contributed by atoms with Gasteiger partial charge in [0.1, 0.15) is 11.6 Å². The first-order valence-electron chi connectivity index (χ1n) is 7.60. The lowest BCUT2D eigenvalue weighted by atomic mass is 10.2. The first-order valence-corrected chi connectivity index (χ1v) is 7.60. The van der Waals surface area contributed by atoms with Crippen LogP contribution in [0.3, 0.4) is 0 Å². The maximum Gasteiger partial charge on any atom is 0.141 e. The number of anilines is 1. The van der Waals surface area contributed by atoms with E-state index in [1.165, 1.54) is 6.20 Å². The van der Waals surface area contributed by atoms with E-state index < -0.39 is 0 Å². The Hall–Kier alpha value is -1.20. The van der Waals surface area contributed by atoms with E-state index in [9.17, 15) is 4.39 Å². The summed E-state index contributed by atoms with van der Waals surface area (Å²) in [6, 6.07) is 1.76. The third kappa shape index (κ3) is 5.59. The molecule has 1 heterocycles. The van der Waals surface area contributed by atoms with Gasteiger partial charge in [-0.05, 0) is 32.4 Å². The van der Waals surface area contributed by atoms with E-state index in [1.54, 1.807) is 13.2 Å². The molecule has 1 unspecified atom stereocenters. The summed E-state index contributed by atoms with van der Waals surface area (Å²) in [6.07, 6.45) is 1.28. The molecule has 0 bridgehead atoms. The molecule has 1 atom stereocenters. The van der Waals surface area contributed by atoms with Gasteiger partial charge in [0.15, 0.2) is 0 Å². The lowest BCUT2D eigenvalue weighted by Gasteiger charge is -2.30. The van der Waals surface area contributed by atoms with Gasteiger partial charge < -0.3 is 15.0 Å². The van der Waals surface area contributed by atoms with E-state index in [1.807, 2.05) is 0 Å². The van der Waals surface area contributed by atoms with Crippen molar-refractivity contribution in [1.82, 2.24) is 10.3 Å². The van der Waals surface area contributed by atoms with Gasteiger partial charge in [0, 0.05) is 25.8 Å². The van der Waals surface area contributed by atoms with Gasteiger partial charge in [-0.1, -0.05) is 13.8 Å². The average Bonchev–Trinajstić information content (AvgIpc) is 2.41. The number of pyridine rings is 1. The highest BCUT2D eigenvalue weighted by atomic mass is 19.1. The Bertz CT molecular complexity index is 426. The fourth-order valence-electron chi connectivity index (χ4n) is 2.36. The predicted octanol–water partition coefficient (Wildman–Crippen LogP) is 2.83. The number of methoxy groups -OCH3 is 1. The van der Waals surface area contributed by atoms with Crippen molar-refractivity contribution < 1.29 is 9.13 Å². The number of hydrogen-bond donors (Lipinski definition) is 1. The van der Waals surface area contributed by atoms with Crippen LogP contribution in [0.5, 0.6) is 0 Å². The minimum Gasteiger partial charge on any atom is -0.383 e. The van der Waals surface area contributed by atoms with E-state index >= 15 is 0 Å². The van der Waals surface area contributed by atoms with E-state index in [2.05, 4.69) is 42.9 Å². The molecule has 120 valence electrons. The summed E-state index contributed by atoms with van der Waals surface area (Å²) in [4.78, 5) is 6.45. The minimum absolute atomic E-state index is 0.196. The van der Waals surface area contributed by atoms with Crippen LogP contribution in [-0.4, -0.2) is 37.8 Å². The van der Waals surface area contributed by atoms with Crippen molar-refractivity contribution >= 4 is 5.82 Å². The number of nitrogens with zero attached hydrogens (tertiary/aromatic N) is 2. The molecule has 0 saturated heterocycles. The molecule has 4 nitrogen and oxygen atoms in total. The van der Waals surface area contributed by atoms with Crippen molar-refractivity contribution in [3.05, 3.63) is 23.6 Å². The van der Waals surface area contributed by atoms with Gasteiger partial charge in [-0.3, -0.25) is 0 Å². The summed E-state index contributed by atoms with van der Waals surface area (Å²) >= 11 is 0. The standard InChI is InChI=1S/C16H28FN3O/c1-6-20(13(4)11-21-5)16-14(7-15(17)10-19-16)9-18-8-12(2)3/h7,10,12-13,18H,6,8-9,11H2,1-5H3. The van der Waals surface area contributed by atoms with Crippen LogP contribution in [0.25, 0.3) is 0 Å². The van der Waals surface area contributed by atoms with Crippen molar-refractivity contribution in [3.63, 3.8) is 0 Å². The summed E-state index contributed by atoms with van der Waals surface area (Å²) in [6.45, 7) is 11.4. The van der Waals surface area contributed by atoms with Crippen LogP contribution < -0.4 is 10.2 Å². The third-order valence-corrected chi connectivity index (χ3v) is 3.33. The second-order valence-electron chi connectivity index (χ2n) is 5.75. The molecule has 21 heavy (non-hydrogen) atoms. The van der Waals surface area contributed by atoms with Crippen LogP contribution in [-0.2, 0) is 11.3 Å². The van der Waals surface area contributed by atoms with Crippen LogP contribution in [0.2, 0.25) is 0 Å². The molecule has 1 aromatic rings. The van der Waals surface area contributed by atoms with E-state index in [-0.39, 0.29) is 11.9 Å². The van der Waals surface area contributed by atoms with Gasteiger partial charge in [0.25, 0.3) is 0 Å². The quantitative estimate of drug-likeness (QED) is 0.760. The van der Waals surface area contributed by atoms with Crippen LogP contribution >= 0.6 is 0 Å². The van der Waals surface area contributed by atoms with Gasteiger partial charge in [-0.25, -0.2) is 9.37 Å². The van der Waals surface area contributed by atoms with Crippen LogP contribution in [0, 0.1) is 11.7 Å². The molecule has 0 aromatic carbocycles. The van der Waals surface area contributed by atoms with Gasteiger partial charge in [-0.2, -0.15) is 0 Å². The first-order chi connectivity index (χ1) is 9.99. The van der Waals surface area contributed by atoms with Gasteiger partial charge in [-0.15, -0.1) is 0 Å². The fourth-order valence-corrected chi connectivity index (χ4v) is 2.36. The SMILES string of the molecule is CCN(c1ncc(F)cc1CNCC(C)C)C(C)COC. The van der Waals surface area contributed by atoms with Crippen molar-refractivity contribution in [3.8, 4) is 0 Å². The maximum absolute atomic E-state index is 13.5. The van der Waals surface area contributed by atoms with Gasteiger partial charge in [0.2, 0.25) is 0 Å². The molecule has 0 aliphatic carbocycles. The number of aromatic nitrogens is 1. The maximum atomic E-state index is 13.5. The molecule has 0 fully saturated rings. The molecule has 1 aromatic heterocycles. The highest BCUT2D eigenvalue weighted by Crippen LogP contribution is 2.21. The van der Waals surface area contributed by atoms with Gasteiger partial charge >= 0.3 is 0 Å². The lowest BCUT2D eigenvalue weighted by Crippen LogP contribution is -2.38. The Balaban J connectivity index is 2.92. The molecule has 0 aliphatic heterocycles. The van der Waals surface area contributed by atoms with E-state index in [0.717, 1.165) is 24.5 Å². The molecule has 0 amide bonds. The molecular weight excluding hydrogens is 269 g/mol. The topological polar surface area (TPSA) is 37.4 Å². The second kappa shape index (κ2) is 8.95. The Kier molecular flexibility index (Phi) is 7.61. The molecule has 5 heteroatoms. The summed E-state index contributed by atoms with van der Waals surface area (Å²) in [5.74, 6) is 1.10. The van der Waals surface area contributed by atoms with Crippen LogP contribution in [0.1, 0.15) is 33.3 Å². The zero-order valence-electron chi connectivity index (χ0n) is 13.8. The largest absolute Gasteiger partial charge is 0.383 e. The molecule has 0 saturated carbocycles. The normalized spacial score (nSPS) is 12.7. The van der Waals surface area contributed by atoms with E-state index in [0.29, 0.717) is 19.1 Å². The zero-order chi connectivity index (χ0) is 15.8. The van der Waals surface area contributed by atoms with Crippen LogP contribution in [0.15, 0.2) is 12.3 Å². The Morgan fingerprint density at radius 1 is 1.38 bits per heavy atom. The fraction of sp³-hybridized carbons (Fsp3) is 0.688. The van der Waals surface area contributed by atoms with Gasteiger partial charge in [0.05, 0.1) is 18.8 Å². The van der Waals surface area contributed by atoms with Crippen LogP contribution in [0.4, 0.5) is 10.2 Å². The summed E-state index contributed by atoms with van der Waals surface area (Å²) in [5, 5.41) is 3.35. The Morgan fingerprint density at radius 2 is 2.10 bits per heavy atom. The number of likely N-dealkylation sites (N-methyl/N-ethyl adjacent to an activating group) is 1. The molecule has 0 spiro atoms. The first kappa shape index (κ1) is 17.9. The van der Waals surface area contributed by atoms with E-state index in [4.69, 9.17) is 4.74 Å². The summed E-state index contributed by atoms with van der Waals surface area (Å²) < 4.78 is 18.7. The number of rotatable bonds is 9. The highest BCUT2D eigenvalue weighted by Gasteiger charge is 2.18. The second-order valence-corrected chi connectivity index (χ2v) is 5.75. The smallest absolute Gasteiger partial charge is 0.141 e. The number of ether oxygens (including phenoxy) is 1. The van der Waals surface area contributed by atoms with Crippen molar-refractivity contribution in [2.75, 3.05) is 31.7 Å². The Labute approximate surface area is 127 Å². The number of hydrogen-bond acceptors (Lipinski definition) is 4. The lowest BCUT2D eigenvalue weighted by molar-refractivity contribution is 0.181. The number of halogens is 1. The molecule has 0 radical (unpaired) electrons. The summed E-state index contributed by atoms with van der Waals surface area (Å²) in [5.41, 5.74) is 0.889. The minimum atomic E-state index is -0.296. The molecule has 1 N–H and O–H groups in total. The highest BCUT2D eigenvalue weighted by molar-refractivity contribution is 5.47. The van der Waals surface area contributed by atoms with Crippen molar-refractivity contribution in [2.45, 2.75) is 40.3 Å². The van der Waals surface area contributed by atoms with Crippen molar-refractivity contribution in [1.29, 1.82) is 0 Å².